The molecule has 5 aromatic heterocycles. The van der Waals surface area contributed by atoms with E-state index in [0.29, 0.717) is 28.7 Å². The van der Waals surface area contributed by atoms with E-state index in [1.165, 1.54) is 17.6 Å². The normalized spacial score (nSPS) is 11.2. The molecular weight excluding hydrogens is 342 g/mol. The first-order chi connectivity index (χ1) is 12.4. The zero-order valence-corrected chi connectivity index (χ0v) is 13.3. The molecule has 9 nitrogen and oxygen atoms in total. The van der Waals surface area contributed by atoms with Gasteiger partial charge in [-0.2, -0.15) is 5.10 Å². The Bertz CT molecular complexity index is 1020. The number of hydrogen-bond acceptors (Lipinski definition) is 8. The van der Waals surface area contributed by atoms with Crippen LogP contribution < -0.4 is 0 Å². The molecule has 0 aliphatic rings. The van der Waals surface area contributed by atoms with Crippen molar-refractivity contribution in [1.82, 2.24) is 35.3 Å². The van der Waals surface area contributed by atoms with E-state index >= 15 is 0 Å². The predicted molar refractivity (Wildman–Crippen MR) is 88.3 cm³/mol. The van der Waals surface area contributed by atoms with Crippen LogP contribution in [0.25, 0.3) is 44.9 Å². The molecule has 0 fully saturated rings. The first-order valence-electron chi connectivity index (χ1n) is 7.24. The summed E-state index contributed by atoms with van der Waals surface area (Å²) in [6.45, 7) is 0. The lowest BCUT2D eigenvalue weighted by Crippen LogP contribution is -1.86. The van der Waals surface area contributed by atoms with Gasteiger partial charge in [0.25, 0.3) is 0 Å². The SMILES string of the molecule is c1cc(-c2nc[nH]c2-c2nc(-c3nocc3-c3nccs3)co2)[nH]n1. The second kappa shape index (κ2) is 5.53. The molecular formula is C15H9N7O2S. The minimum absolute atomic E-state index is 0.394. The van der Waals surface area contributed by atoms with Crippen LogP contribution in [0, 0.1) is 0 Å². The summed E-state index contributed by atoms with van der Waals surface area (Å²) in [7, 11) is 0. The van der Waals surface area contributed by atoms with Gasteiger partial charge < -0.3 is 13.9 Å². The lowest BCUT2D eigenvalue weighted by atomic mass is 10.2. The number of nitrogens with one attached hydrogen (secondary N) is 2. The van der Waals surface area contributed by atoms with E-state index in [1.54, 1.807) is 25.0 Å². The summed E-state index contributed by atoms with van der Waals surface area (Å²) in [5.41, 5.74) is 3.99. The Kier molecular flexibility index (Phi) is 3.07. The summed E-state index contributed by atoms with van der Waals surface area (Å²) in [6.07, 6.45) is 8.04. The second-order valence-corrected chi connectivity index (χ2v) is 5.94. The molecule has 5 rings (SSSR count). The first-order valence-corrected chi connectivity index (χ1v) is 8.12. The Morgan fingerprint density at radius 2 is 2.08 bits per heavy atom. The van der Waals surface area contributed by atoms with Crippen molar-refractivity contribution >= 4 is 11.3 Å². The molecule has 0 saturated heterocycles. The molecule has 0 spiro atoms. The maximum atomic E-state index is 5.63. The van der Waals surface area contributed by atoms with E-state index in [4.69, 9.17) is 8.94 Å². The Hall–Kier alpha value is -3.53. The van der Waals surface area contributed by atoms with Crippen LogP contribution in [0.4, 0.5) is 0 Å². The number of aromatic nitrogens is 7. The van der Waals surface area contributed by atoms with Gasteiger partial charge in [-0.3, -0.25) is 5.10 Å². The number of rotatable bonds is 4. The van der Waals surface area contributed by atoms with Crippen LogP contribution in [0.15, 0.2) is 51.6 Å². The predicted octanol–water partition coefficient (Wildman–Crippen LogP) is 3.23. The van der Waals surface area contributed by atoms with E-state index in [2.05, 4.69) is 35.3 Å². The monoisotopic (exact) mass is 351 g/mol. The highest BCUT2D eigenvalue weighted by atomic mass is 32.1. The highest BCUT2D eigenvalue weighted by Gasteiger charge is 2.21. The number of nitrogens with zero attached hydrogens (tertiary/aromatic N) is 5. The van der Waals surface area contributed by atoms with Crippen LogP contribution in [0.2, 0.25) is 0 Å². The quantitative estimate of drug-likeness (QED) is 0.509. The number of hydrogen-bond donors (Lipinski definition) is 2. The van der Waals surface area contributed by atoms with Gasteiger partial charge in [0, 0.05) is 17.8 Å². The van der Waals surface area contributed by atoms with Crippen molar-refractivity contribution < 1.29 is 8.94 Å². The molecule has 2 N–H and O–H groups in total. The molecule has 0 amide bonds. The van der Waals surface area contributed by atoms with Crippen LogP contribution >= 0.6 is 11.3 Å². The molecule has 0 aliphatic heterocycles. The van der Waals surface area contributed by atoms with Crippen LogP contribution in [0.5, 0.6) is 0 Å². The van der Waals surface area contributed by atoms with Crippen molar-refractivity contribution in [2.24, 2.45) is 0 Å². The third-order valence-electron chi connectivity index (χ3n) is 3.59. The summed E-state index contributed by atoms with van der Waals surface area (Å²) in [4.78, 5) is 16.1. The minimum Gasteiger partial charge on any atom is -0.443 e. The zero-order chi connectivity index (χ0) is 16.6. The van der Waals surface area contributed by atoms with Crippen molar-refractivity contribution in [3.63, 3.8) is 0 Å². The van der Waals surface area contributed by atoms with Crippen molar-refractivity contribution in [3.05, 3.63) is 42.7 Å². The van der Waals surface area contributed by atoms with Gasteiger partial charge in [0.1, 0.15) is 40.3 Å². The van der Waals surface area contributed by atoms with Crippen molar-refractivity contribution in [2.45, 2.75) is 0 Å². The highest BCUT2D eigenvalue weighted by Crippen LogP contribution is 2.34. The molecule has 0 atom stereocenters. The van der Waals surface area contributed by atoms with Gasteiger partial charge >= 0.3 is 0 Å². The third kappa shape index (κ3) is 2.27. The second-order valence-electron chi connectivity index (χ2n) is 5.05. The molecule has 0 bridgehead atoms. The molecule has 5 aromatic rings. The lowest BCUT2D eigenvalue weighted by molar-refractivity contribution is 0.422. The number of aromatic amines is 2. The average molecular weight is 351 g/mol. The lowest BCUT2D eigenvalue weighted by Gasteiger charge is -1.95. The third-order valence-corrected chi connectivity index (χ3v) is 4.39. The molecule has 0 aromatic carbocycles. The van der Waals surface area contributed by atoms with Gasteiger partial charge in [0.2, 0.25) is 5.89 Å². The van der Waals surface area contributed by atoms with Crippen molar-refractivity contribution in [2.75, 3.05) is 0 Å². The minimum atomic E-state index is 0.394. The van der Waals surface area contributed by atoms with Crippen molar-refractivity contribution in [3.8, 4) is 44.9 Å². The summed E-state index contributed by atoms with van der Waals surface area (Å²) in [5.74, 6) is 0.394. The van der Waals surface area contributed by atoms with E-state index < -0.39 is 0 Å². The van der Waals surface area contributed by atoms with Gasteiger partial charge in [-0.05, 0) is 6.07 Å². The largest absolute Gasteiger partial charge is 0.443 e. The van der Waals surface area contributed by atoms with Gasteiger partial charge in [-0.1, -0.05) is 5.16 Å². The van der Waals surface area contributed by atoms with E-state index in [9.17, 15) is 0 Å². The molecule has 0 unspecified atom stereocenters. The van der Waals surface area contributed by atoms with E-state index in [0.717, 1.165) is 16.3 Å². The van der Waals surface area contributed by atoms with Crippen LogP contribution in [-0.4, -0.2) is 35.3 Å². The standard InChI is InChI=1S/C15H9N7O2S/c1-2-19-21-9(1)12-13(18-7-17-12)14-20-10(6-23-14)11-8(5-24-22-11)15-16-3-4-25-15/h1-7H,(H,17,18)(H,19,21). The van der Waals surface area contributed by atoms with Gasteiger partial charge in [0.05, 0.1) is 17.6 Å². The smallest absolute Gasteiger partial charge is 0.245 e. The maximum Gasteiger partial charge on any atom is 0.245 e. The van der Waals surface area contributed by atoms with Crippen LogP contribution in [0.1, 0.15) is 0 Å². The number of thiazole rings is 1. The van der Waals surface area contributed by atoms with Crippen molar-refractivity contribution in [1.29, 1.82) is 0 Å². The number of H-pyrrole nitrogens is 2. The molecule has 10 heteroatoms. The Morgan fingerprint density at radius 3 is 2.92 bits per heavy atom. The first kappa shape index (κ1) is 13.9. The summed E-state index contributed by atoms with van der Waals surface area (Å²) in [6, 6.07) is 1.82. The van der Waals surface area contributed by atoms with E-state index in [-0.39, 0.29) is 0 Å². The van der Waals surface area contributed by atoms with Gasteiger partial charge in [0.15, 0.2) is 0 Å². The maximum absolute atomic E-state index is 5.63. The summed E-state index contributed by atoms with van der Waals surface area (Å²) < 4.78 is 10.7. The average Bonchev–Trinajstić information content (AvgIpc) is 3.48. The summed E-state index contributed by atoms with van der Waals surface area (Å²) >= 11 is 1.50. The number of oxazole rings is 1. The topological polar surface area (TPSA) is 122 Å². The fourth-order valence-electron chi connectivity index (χ4n) is 2.48. The van der Waals surface area contributed by atoms with Gasteiger partial charge in [-0.25, -0.2) is 15.0 Å². The Morgan fingerprint density at radius 1 is 1.08 bits per heavy atom. The fourth-order valence-corrected chi connectivity index (χ4v) is 3.12. The van der Waals surface area contributed by atoms with E-state index in [1.807, 2.05) is 11.4 Å². The molecule has 122 valence electrons. The highest BCUT2D eigenvalue weighted by molar-refractivity contribution is 7.13. The molecule has 25 heavy (non-hydrogen) atoms. The van der Waals surface area contributed by atoms with Crippen LogP contribution in [0.3, 0.4) is 0 Å². The number of imidazole rings is 1. The zero-order valence-electron chi connectivity index (χ0n) is 12.5. The molecule has 0 saturated carbocycles. The molecule has 0 radical (unpaired) electrons. The molecule has 0 aliphatic carbocycles. The Balaban J connectivity index is 1.56. The molecule has 5 heterocycles. The fraction of sp³-hybridized carbons (Fsp3) is 0. The van der Waals surface area contributed by atoms with Gasteiger partial charge in [-0.15, -0.1) is 11.3 Å². The summed E-state index contributed by atoms with van der Waals surface area (Å²) in [5, 5.41) is 13.5. The van der Waals surface area contributed by atoms with Crippen LogP contribution in [-0.2, 0) is 0 Å². The Labute approximate surface area is 143 Å².